The monoisotopic (exact) mass is 326 g/mol. The van der Waals surface area contributed by atoms with E-state index in [4.69, 9.17) is 5.73 Å². The molecule has 70 valence electrons. The second kappa shape index (κ2) is 4.21. The topological polar surface area (TPSA) is 72.2 Å². The van der Waals surface area contributed by atoms with Gasteiger partial charge in [0.2, 0.25) is 0 Å². The predicted octanol–water partition coefficient (Wildman–Crippen LogP) is 2.08. The maximum absolute atomic E-state index is 11.2. The minimum atomic E-state index is -0.856. The highest BCUT2D eigenvalue weighted by atomic mass is 79.9. The Kier molecular flexibility index (Phi) is 3.46. The highest BCUT2D eigenvalue weighted by molar-refractivity contribution is 9.13. The number of hydrogen-bond acceptors (Lipinski definition) is 3. The van der Waals surface area contributed by atoms with Crippen LogP contribution in [-0.4, -0.2) is 11.9 Å². The third-order valence-corrected chi connectivity index (χ3v) is 4.36. The van der Waals surface area contributed by atoms with Crippen LogP contribution in [0.5, 0.6) is 0 Å². The Morgan fingerprint density at radius 1 is 1.46 bits per heavy atom. The van der Waals surface area contributed by atoms with E-state index in [9.17, 15) is 9.59 Å². The molecular formula is C6H4Br2N2O2S. The Labute approximate surface area is 94.7 Å². The number of amides is 3. The van der Waals surface area contributed by atoms with Crippen molar-refractivity contribution in [2.24, 2.45) is 5.73 Å². The van der Waals surface area contributed by atoms with Crippen molar-refractivity contribution < 1.29 is 9.59 Å². The number of nitrogens with one attached hydrogen (secondary N) is 1. The minimum Gasteiger partial charge on any atom is -0.351 e. The Hall–Kier alpha value is -0.400. The van der Waals surface area contributed by atoms with E-state index in [0.717, 1.165) is 8.26 Å². The van der Waals surface area contributed by atoms with E-state index in [2.05, 4.69) is 31.9 Å². The molecule has 0 aliphatic heterocycles. The molecule has 0 bridgehead atoms. The first kappa shape index (κ1) is 10.7. The Balaban J connectivity index is 2.83. The van der Waals surface area contributed by atoms with Crippen LogP contribution in [0.15, 0.2) is 14.3 Å². The molecule has 4 nitrogen and oxygen atoms in total. The van der Waals surface area contributed by atoms with Crippen molar-refractivity contribution in [3.05, 3.63) is 19.2 Å². The first-order chi connectivity index (χ1) is 6.00. The molecule has 0 saturated heterocycles. The molecule has 0 spiro atoms. The van der Waals surface area contributed by atoms with Gasteiger partial charge < -0.3 is 5.73 Å². The van der Waals surface area contributed by atoms with Gasteiger partial charge in [-0.15, -0.1) is 11.3 Å². The highest BCUT2D eigenvalue weighted by Gasteiger charge is 2.12. The number of halogens is 2. The lowest BCUT2D eigenvalue weighted by molar-refractivity contribution is 0.0970. The summed E-state index contributed by atoms with van der Waals surface area (Å²) in [6, 6.07) is 0.748. The summed E-state index contributed by atoms with van der Waals surface area (Å²) in [5.41, 5.74) is 4.79. The van der Waals surface area contributed by atoms with Crippen LogP contribution >= 0.6 is 43.2 Å². The summed E-state index contributed by atoms with van der Waals surface area (Å²) in [6.07, 6.45) is 0. The van der Waals surface area contributed by atoms with E-state index in [-0.39, 0.29) is 0 Å². The van der Waals surface area contributed by atoms with Crippen molar-refractivity contribution in [2.75, 3.05) is 0 Å². The fourth-order valence-corrected chi connectivity index (χ4v) is 2.56. The molecule has 0 radical (unpaired) electrons. The fraction of sp³-hybridized carbons (Fsp3) is 0. The highest BCUT2D eigenvalue weighted by Crippen LogP contribution is 2.32. The van der Waals surface area contributed by atoms with E-state index < -0.39 is 11.9 Å². The minimum absolute atomic E-state index is 0.414. The molecule has 7 heteroatoms. The summed E-state index contributed by atoms with van der Waals surface area (Å²) in [5, 5.41) is 1.97. The van der Waals surface area contributed by atoms with Gasteiger partial charge in [0.15, 0.2) is 0 Å². The van der Waals surface area contributed by atoms with E-state index >= 15 is 0 Å². The number of urea groups is 1. The van der Waals surface area contributed by atoms with E-state index in [1.54, 1.807) is 6.07 Å². The third-order valence-electron chi connectivity index (χ3n) is 1.11. The lowest BCUT2D eigenvalue weighted by Crippen LogP contribution is -2.34. The number of hydrogen-bond donors (Lipinski definition) is 2. The van der Waals surface area contributed by atoms with E-state index in [1.807, 2.05) is 5.32 Å². The first-order valence-electron chi connectivity index (χ1n) is 3.06. The molecule has 0 unspecified atom stereocenters. The Morgan fingerprint density at radius 2 is 2.08 bits per heavy atom. The molecule has 0 atom stereocenters. The maximum atomic E-state index is 11.2. The Morgan fingerprint density at radius 3 is 2.46 bits per heavy atom. The van der Waals surface area contributed by atoms with Gasteiger partial charge in [0.1, 0.15) is 0 Å². The van der Waals surface area contributed by atoms with Gasteiger partial charge in [-0.2, -0.15) is 0 Å². The maximum Gasteiger partial charge on any atom is 0.319 e. The number of carbonyl (C=O) groups is 2. The second-order valence-electron chi connectivity index (χ2n) is 2.05. The molecule has 0 saturated carbocycles. The van der Waals surface area contributed by atoms with Gasteiger partial charge in [0, 0.05) is 4.47 Å². The zero-order chi connectivity index (χ0) is 10.0. The van der Waals surface area contributed by atoms with Crippen LogP contribution in [0.25, 0.3) is 0 Å². The van der Waals surface area contributed by atoms with Gasteiger partial charge in [-0.25, -0.2) is 4.79 Å². The molecule has 1 aromatic rings. The van der Waals surface area contributed by atoms with Crippen LogP contribution in [-0.2, 0) is 0 Å². The number of thiophene rings is 1. The van der Waals surface area contributed by atoms with Gasteiger partial charge in [-0.05, 0) is 37.9 Å². The lowest BCUT2D eigenvalue weighted by Gasteiger charge is -1.94. The SMILES string of the molecule is NC(=O)NC(=O)c1cc(Br)c(Br)s1. The molecule has 1 aromatic heterocycles. The number of nitrogens with two attached hydrogens (primary N) is 1. The van der Waals surface area contributed by atoms with Gasteiger partial charge in [-0.3, -0.25) is 10.1 Å². The summed E-state index contributed by atoms with van der Waals surface area (Å²) in [4.78, 5) is 21.9. The van der Waals surface area contributed by atoms with Gasteiger partial charge in [0.25, 0.3) is 5.91 Å². The lowest BCUT2D eigenvalue weighted by atomic mass is 10.4. The van der Waals surface area contributed by atoms with Crippen molar-refractivity contribution in [3.8, 4) is 0 Å². The zero-order valence-electron chi connectivity index (χ0n) is 6.14. The summed E-state index contributed by atoms with van der Waals surface area (Å²) >= 11 is 7.66. The van der Waals surface area contributed by atoms with Crippen LogP contribution in [0.3, 0.4) is 0 Å². The molecule has 13 heavy (non-hydrogen) atoms. The summed E-state index contributed by atoms with van der Waals surface area (Å²) in [7, 11) is 0. The quantitative estimate of drug-likeness (QED) is 0.829. The van der Waals surface area contributed by atoms with Gasteiger partial charge >= 0.3 is 6.03 Å². The van der Waals surface area contributed by atoms with Crippen LogP contribution in [0.4, 0.5) is 4.79 Å². The van der Waals surface area contributed by atoms with Crippen molar-refractivity contribution in [1.82, 2.24) is 5.32 Å². The third kappa shape index (κ3) is 2.78. The smallest absolute Gasteiger partial charge is 0.319 e. The largest absolute Gasteiger partial charge is 0.351 e. The number of imide groups is 1. The molecule has 0 aromatic carbocycles. The molecule has 3 amide bonds. The summed E-state index contributed by atoms with van der Waals surface area (Å²) in [6.45, 7) is 0. The molecule has 1 rings (SSSR count). The van der Waals surface area contributed by atoms with Crippen molar-refractivity contribution in [2.45, 2.75) is 0 Å². The van der Waals surface area contributed by atoms with Crippen LogP contribution in [0, 0.1) is 0 Å². The first-order valence-corrected chi connectivity index (χ1v) is 5.46. The van der Waals surface area contributed by atoms with Gasteiger partial charge in [0.05, 0.1) is 8.66 Å². The number of carbonyl (C=O) groups excluding carboxylic acids is 2. The molecule has 0 aliphatic rings. The molecule has 3 N–H and O–H groups in total. The van der Waals surface area contributed by atoms with Crippen LogP contribution < -0.4 is 11.1 Å². The van der Waals surface area contributed by atoms with Crippen molar-refractivity contribution in [3.63, 3.8) is 0 Å². The summed E-state index contributed by atoms with van der Waals surface area (Å²) in [5.74, 6) is -0.496. The van der Waals surface area contributed by atoms with Crippen LogP contribution in [0.2, 0.25) is 0 Å². The van der Waals surface area contributed by atoms with E-state index in [0.29, 0.717) is 4.88 Å². The normalized spacial score (nSPS) is 9.69. The zero-order valence-corrected chi connectivity index (χ0v) is 10.1. The fourth-order valence-electron chi connectivity index (χ4n) is 0.632. The molecule has 0 aliphatic carbocycles. The summed E-state index contributed by atoms with van der Waals surface area (Å²) < 4.78 is 1.56. The number of rotatable bonds is 1. The standard InChI is InChI=1S/C6H4Br2N2O2S/c7-2-1-3(13-4(2)8)5(11)10-6(9)12/h1H,(H3,9,10,11,12). The van der Waals surface area contributed by atoms with Crippen molar-refractivity contribution in [1.29, 1.82) is 0 Å². The number of primary amides is 1. The average Bonchev–Trinajstić information content (AvgIpc) is 2.31. The van der Waals surface area contributed by atoms with Crippen LogP contribution in [0.1, 0.15) is 9.67 Å². The molecule has 1 heterocycles. The predicted molar refractivity (Wildman–Crippen MR) is 56.8 cm³/mol. The molecule has 0 fully saturated rings. The van der Waals surface area contributed by atoms with Gasteiger partial charge in [-0.1, -0.05) is 0 Å². The van der Waals surface area contributed by atoms with E-state index in [1.165, 1.54) is 11.3 Å². The van der Waals surface area contributed by atoms with Crippen molar-refractivity contribution >= 4 is 55.1 Å². The molecular weight excluding hydrogens is 324 g/mol. The average molecular weight is 328 g/mol. The second-order valence-corrected chi connectivity index (χ2v) is 5.28. The Bertz CT molecular complexity index is 344.